The van der Waals surface area contributed by atoms with E-state index in [9.17, 15) is 5.11 Å². The van der Waals surface area contributed by atoms with Crippen LogP contribution in [0.2, 0.25) is 0 Å². The third-order valence-corrected chi connectivity index (χ3v) is 3.17. The lowest BCUT2D eigenvalue weighted by atomic mass is 10.1. The van der Waals surface area contributed by atoms with Gasteiger partial charge in [-0.15, -0.1) is 0 Å². The summed E-state index contributed by atoms with van der Waals surface area (Å²) in [7, 11) is 1.65. The number of aliphatic hydroxyl groups excluding tert-OH is 1. The Balaban J connectivity index is 2.12. The fraction of sp³-hybridized carbons (Fsp3) is 0.294. The van der Waals surface area contributed by atoms with Crippen molar-refractivity contribution in [3.8, 4) is 11.5 Å². The molecule has 2 aromatic carbocycles. The van der Waals surface area contributed by atoms with Crippen LogP contribution in [0.4, 0.5) is 0 Å². The van der Waals surface area contributed by atoms with Gasteiger partial charge < -0.3 is 14.6 Å². The highest BCUT2D eigenvalue weighted by Gasteiger charge is 2.06. The molecule has 0 saturated heterocycles. The maximum atomic E-state index is 9.58. The van der Waals surface area contributed by atoms with Crippen LogP contribution >= 0.6 is 0 Å². The number of rotatable bonds is 5. The Hall–Kier alpha value is -2.00. The molecule has 3 nitrogen and oxygen atoms in total. The van der Waals surface area contributed by atoms with Crippen molar-refractivity contribution in [2.75, 3.05) is 7.11 Å². The summed E-state index contributed by atoms with van der Waals surface area (Å²) in [6.45, 7) is 4.22. The summed E-state index contributed by atoms with van der Waals surface area (Å²) in [6.07, 6.45) is -0.493. The molecule has 0 saturated carbocycles. The van der Waals surface area contributed by atoms with Crippen LogP contribution in [0.1, 0.15) is 29.7 Å². The Bertz CT molecular complexity index is 576. The van der Waals surface area contributed by atoms with Crippen molar-refractivity contribution >= 4 is 0 Å². The van der Waals surface area contributed by atoms with Gasteiger partial charge in [-0.2, -0.15) is 0 Å². The Labute approximate surface area is 119 Å². The van der Waals surface area contributed by atoms with Gasteiger partial charge in [0.1, 0.15) is 18.1 Å². The SMILES string of the molecule is COc1ccc(C)cc1COc1cccc([C@H](C)O)c1. The van der Waals surface area contributed by atoms with Crippen LogP contribution in [-0.4, -0.2) is 12.2 Å². The number of hydrogen-bond acceptors (Lipinski definition) is 3. The number of hydrogen-bond donors (Lipinski definition) is 1. The summed E-state index contributed by atoms with van der Waals surface area (Å²) in [5, 5.41) is 9.58. The third kappa shape index (κ3) is 3.52. The second-order valence-corrected chi connectivity index (χ2v) is 4.85. The minimum absolute atomic E-state index is 0.439. The van der Waals surface area contributed by atoms with Gasteiger partial charge in [-0.25, -0.2) is 0 Å². The van der Waals surface area contributed by atoms with E-state index in [2.05, 4.69) is 6.07 Å². The largest absolute Gasteiger partial charge is 0.496 e. The molecule has 0 heterocycles. The van der Waals surface area contributed by atoms with Gasteiger partial charge >= 0.3 is 0 Å². The molecule has 2 aromatic rings. The zero-order valence-electron chi connectivity index (χ0n) is 12.1. The number of aliphatic hydroxyl groups is 1. The first-order valence-electron chi connectivity index (χ1n) is 6.64. The molecule has 0 unspecified atom stereocenters. The minimum atomic E-state index is -0.493. The summed E-state index contributed by atoms with van der Waals surface area (Å²) < 4.78 is 11.1. The Morgan fingerprint density at radius 1 is 1.15 bits per heavy atom. The number of aryl methyl sites for hydroxylation is 1. The fourth-order valence-electron chi connectivity index (χ4n) is 2.05. The Kier molecular flexibility index (Phi) is 4.64. The van der Waals surface area contributed by atoms with Crippen molar-refractivity contribution in [1.29, 1.82) is 0 Å². The quantitative estimate of drug-likeness (QED) is 0.903. The lowest BCUT2D eigenvalue weighted by Crippen LogP contribution is -2.00. The summed E-state index contributed by atoms with van der Waals surface area (Å²) in [6, 6.07) is 13.5. The van der Waals surface area contributed by atoms with E-state index in [-0.39, 0.29) is 0 Å². The van der Waals surface area contributed by atoms with E-state index in [1.54, 1.807) is 14.0 Å². The van der Waals surface area contributed by atoms with Gasteiger partial charge in [0.25, 0.3) is 0 Å². The van der Waals surface area contributed by atoms with Crippen molar-refractivity contribution in [2.24, 2.45) is 0 Å². The van der Waals surface area contributed by atoms with Gasteiger partial charge in [0, 0.05) is 5.56 Å². The van der Waals surface area contributed by atoms with Crippen molar-refractivity contribution in [2.45, 2.75) is 26.6 Å². The third-order valence-electron chi connectivity index (χ3n) is 3.17. The summed E-state index contributed by atoms with van der Waals surface area (Å²) in [4.78, 5) is 0. The number of methoxy groups -OCH3 is 1. The van der Waals surface area contributed by atoms with Gasteiger partial charge in [0.15, 0.2) is 0 Å². The Morgan fingerprint density at radius 3 is 2.65 bits per heavy atom. The average Bonchev–Trinajstić information content (AvgIpc) is 2.45. The Morgan fingerprint density at radius 2 is 1.95 bits per heavy atom. The summed E-state index contributed by atoms with van der Waals surface area (Å²) in [5.74, 6) is 1.56. The normalized spacial score (nSPS) is 12.0. The molecule has 1 atom stereocenters. The molecule has 0 aromatic heterocycles. The molecule has 3 heteroatoms. The van der Waals surface area contributed by atoms with E-state index >= 15 is 0 Å². The lowest BCUT2D eigenvalue weighted by molar-refractivity contribution is 0.198. The van der Waals surface area contributed by atoms with Crippen LogP contribution in [-0.2, 0) is 6.61 Å². The molecule has 0 aliphatic rings. The van der Waals surface area contributed by atoms with Gasteiger partial charge in [-0.05, 0) is 43.7 Å². The van der Waals surface area contributed by atoms with Gasteiger partial charge in [0.2, 0.25) is 0 Å². The molecule has 106 valence electrons. The summed E-state index contributed by atoms with van der Waals surface area (Å²) >= 11 is 0. The molecule has 0 spiro atoms. The summed E-state index contributed by atoms with van der Waals surface area (Å²) in [5.41, 5.74) is 3.02. The zero-order valence-corrected chi connectivity index (χ0v) is 12.1. The molecule has 1 N–H and O–H groups in total. The predicted molar refractivity (Wildman–Crippen MR) is 79.1 cm³/mol. The van der Waals surface area contributed by atoms with Crippen molar-refractivity contribution in [3.05, 3.63) is 59.2 Å². The van der Waals surface area contributed by atoms with Crippen LogP contribution < -0.4 is 9.47 Å². The van der Waals surface area contributed by atoms with Crippen molar-refractivity contribution < 1.29 is 14.6 Å². The minimum Gasteiger partial charge on any atom is -0.496 e. The first-order chi connectivity index (χ1) is 9.60. The number of benzene rings is 2. The molecule has 2 rings (SSSR count). The smallest absolute Gasteiger partial charge is 0.125 e. The van der Waals surface area contributed by atoms with Crippen LogP contribution in [0, 0.1) is 6.92 Å². The molecular formula is C17H20O3. The molecule has 0 aliphatic carbocycles. The predicted octanol–water partition coefficient (Wildman–Crippen LogP) is 3.64. The van der Waals surface area contributed by atoms with Crippen molar-refractivity contribution in [3.63, 3.8) is 0 Å². The maximum Gasteiger partial charge on any atom is 0.125 e. The highest BCUT2D eigenvalue weighted by atomic mass is 16.5. The molecule has 0 bridgehead atoms. The molecule has 0 aliphatic heterocycles. The fourth-order valence-corrected chi connectivity index (χ4v) is 2.05. The lowest BCUT2D eigenvalue weighted by Gasteiger charge is -2.12. The van der Waals surface area contributed by atoms with Gasteiger partial charge in [-0.3, -0.25) is 0 Å². The second kappa shape index (κ2) is 6.44. The number of ether oxygens (including phenoxy) is 2. The highest BCUT2D eigenvalue weighted by molar-refractivity contribution is 5.37. The zero-order chi connectivity index (χ0) is 14.5. The van der Waals surface area contributed by atoms with E-state index < -0.39 is 6.10 Å². The van der Waals surface area contributed by atoms with E-state index in [0.29, 0.717) is 6.61 Å². The first-order valence-corrected chi connectivity index (χ1v) is 6.64. The molecule has 0 amide bonds. The van der Waals surface area contributed by atoms with E-state index in [1.165, 1.54) is 5.56 Å². The van der Waals surface area contributed by atoms with Crippen LogP contribution in [0.5, 0.6) is 11.5 Å². The second-order valence-electron chi connectivity index (χ2n) is 4.85. The van der Waals surface area contributed by atoms with Crippen molar-refractivity contribution in [1.82, 2.24) is 0 Å². The van der Waals surface area contributed by atoms with E-state index in [0.717, 1.165) is 22.6 Å². The monoisotopic (exact) mass is 272 g/mol. The van der Waals surface area contributed by atoms with E-state index in [4.69, 9.17) is 9.47 Å². The highest BCUT2D eigenvalue weighted by Crippen LogP contribution is 2.23. The maximum absolute atomic E-state index is 9.58. The standard InChI is InChI=1S/C17H20O3/c1-12-7-8-17(19-3)15(9-12)11-20-16-6-4-5-14(10-16)13(2)18/h4-10,13,18H,11H2,1-3H3/t13-/m0/s1. The molecule has 0 fully saturated rings. The topological polar surface area (TPSA) is 38.7 Å². The van der Waals surface area contributed by atoms with Crippen LogP contribution in [0.25, 0.3) is 0 Å². The van der Waals surface area contributed by atoms with Gasteiger partial charge in [-0.1, -0.05) is 23.8 Å². The van der Waals surface area contributed by atoms with Gasteiger partial charge in [0.05, 0.1) is 13.2 Å². The van der Waals surface area contributed by atoms with E-state index in [1.807, 2.05) is 43.3 Å². The average molecular weight is 272 g/mol. The first kappa shape index (κ1) is 14.4. The molecule has 20 heavy (non-hydrogen) atoms. The molecule has 0 radical (unpaired) electrons. The van der Waals surface area contributed by atoms with Crippen LogP contribution in [0.3, 0.4) is 0 Å². The molecular weight excluding hydrogens is 252 g/mol. The van der Waals surface area contributed by atoms with Crippen LogP contribution in [0.15, 0.2) is 42.5 Å².